The quantitative estimate of drug-likeness (QED) is 0.769. The molecular weight excluding hydrogens is 204 g/mol. The lowest BCUT2D eigenvalue weighted by Gasteiger charge is -2.14. The van der Waals surface area contributed by atoms with Crippen molar-refractivity contribution < 1.29 is 0 Å². The average molecular weight is 222 g/mol. The highest BCUT2D eigenvalue weighted by Crippen LogP contribution is 2.16. The summed E-state index contributed by atoms with van der Waals surface area (Å²) in [6.45, 7) is 6.99. The molecule has 0 bridgehead atoms. The van der Waals surface area contributed by atoms with Crippen LogP contribution in [0.5, 0.6) is 0 Å². The molecule has 0 aromatic heterocycles. The van der Waals surface area contributed by atoms with Gasteiger partial charge in [-0.15, -0.1) is 0 Å². The van der Waals surface area contributed by atoms with Gasteiger partial charge in [0.15, 0.2) is 0 Å². The highest BCUT2D eigenvalue weighted by atomic mass is 32.1. The smallest absolute Gasteiger partial charge is 0.0773 e. The molecule has 15 heavy (non-hydrogen) atoms. The van der Waals surface area contributed by atoms with Gasteiger partial charge in [0.25, 0.3) is 0 Å². The average Bonchev–Trinajstić information content (AvgIpc) is 2.18. The van der Waals surface area contributed by atoms with Crippen molar-refractivity contribution in [2.45, 2.75) is 20.8 Å². The molecule has 82 valence electrons. The minimum absolute atomic E-state index is 0.222. The van der Waals surface area contributed by atoms with Gasteiger partial charge in [-0.1, -0.05) is 31.3 Å². The molecule has 0 spiro atoms. The number of hydrogen-bond donors (Lipinski definition) is 2. The second-order valence-corrected chi connectivity index (χ2v) is 4.47. The third-order valence-electron chi connectivity index (χ3n) is 2.48. The largest absolute Gasteiger partial charge is 0.393 e. The molecule has 0 saturated heterocycles. The molecule has 0 saturated carbocycles. The van der Waals surface area contributed by atoms with Gasteiger partial charge >= 0.3 is 0 Å². The van der Waals surface area contributed by atoms with Crippen molar-refractivity contribution in [3.05, 3.63) is 29.3 Å². The number of nitrogens with two attached hydrogens (primary N) is 1. The first-order chi connectivity index (χ1) is 7.00. The van der Waals surface area contributed by atoms with Gasteiger partial charge in [0.05, 0.1) is 4.99 Å². The maximum Gasteiger partial charge on any atom is 0.0773 e. The zero-order valence-corrected chi connectivity index (χ0v) is 10.3. The highest BCUT2D eigenvalue weighted by Gasteiger charge is 2.05. The van der Waals surface area contributed by atoms with Gasteiger partial charge in [0.2, 0.25) is 0 Å². The molecule has 1 aromatic carbocycles. The summed E-state index contributed by atoms with van der Waals surface area (Å²) in [7, 11) is 0. The fourth-order valence-electron chi connectivity index (χ4n) is 1.29. The minimum atomic E-state index is 0.222. The van der Waals surface area contributed by atoms with Crippen molar-refractivity contribution in [3.8, 4) is 0 Å². The Labute approximate surface area is 96.9 Å². The topological polar surface area (TPSA) is 38.0 Å². The van der Waals surface area contributed by atoms with Gasteiger partial charge in [0, 0.05) is 18.2 Å². The summed E-state index contributed by atoms with van der Waals surface area (Å²) >= 11 is 4.93. The number of hydrogen-bond acceptors (Lipinski definition) is 2. The zero-order valence-electron chi connectivity index (χ0n) is 9.50. The summed E-state index contributed by atoms with van der Waals surface area (Å²) in [5, 5.41) is 3.37. The highest BCUT2D eigenvalue weighted by molar-refractivity contribution is 7.80. The molecule has 0 radical (unpaired) electrons. The van der Waals surface area contributed by atoms with Gasteiger partial charge in [-0.05, 0) is 31.0 Å². The van der Waals surface area contributed by atoms with E-state index in [0.29, 0.717) is 4.99 Å². The number of aryl methyl sites for hydroxylation is 2. The molecule has 1 atom stereocenters. The Hall–Kier alpha value is -1.09. The summed E-state index contributed by atoms with van der Waals surface area (Å²) in [5.41, 5.74) is 9.23. The van der Waals surface area contributed by atoms with Crippen molar-refractivity contribution in [2.75, 3.05) is 11.9 Å². The zero-order chi connectivity index (χ0) is 11.4. The van der Waals surface area contributed by atoms with E-state index in [1.54, 1.807) is 0 Å². The first-order valence-corrected chi connectivity index (χ1v) is 5.52. The first-order valence-electron chi connectivity index (χ1n) is 5.11. The van der Waals surface area contributed by atoms with Crippen molar-refractivity contribution in [1.29, 1.82) is 0 Å². The summed E-state index contributed by atoms with van der Waals surface area (Å²) in [6.07, 6.45) is 0. The maximum atomic E-state index is 5.56. The van der Waals surface area contributed by atoms with Crippen molar-refractivity contribution >= 4 is 22.9 Å². The van der Waals surface area contributed by atoms with E-state index in [1.807, 2.05) is 6.92 Å². The fourth-order valence-corrected chi connectivity index (χ4v) is 1.37. The van der Waals surface area contributed by atoms with E-state index in [1.165, 1.54) is 11.1 Å². The van der Waals surface area contributed by atoms with Crippen LogP contribution in [-0.4, -0.2) is 11.5 Å². The van der Waals surface area contributed by atoms with E-state index < -0.39 is 0 Å². The number of rotatable bonds is 4. The normalized spacial score (nSPS) is 12.2. The molecule has 1 unspecified atom stereocenters. The Balaban J connectivity index is 2.65. The van der Waals surface area contributed by atoms with Crippen molar-refractivity contribution in [2.24, 2.45) is 11.7 Å². The Morgan fingerprint density at radius 3 is 2.73 bits per heavy atom. The van der Waals surface area contributed by atoms with Crippen LogP contribution in [0.2, 0.25) is 0 Å². The van der Waals surface area contributed by atoms with Gasteiger partial charge in [-0.25, -0.2) is 0 Å². The van der Waals surface area contributed by atoms with Crippen LogP contribution in [-0.2, 0) is 0 Å². The molecule has 0 fully saturated rings. The summed E-state index contributed by atoms with van der Waals surface area (Å²) < 4.78 is 0. The summed E-state index contributed by atoms with van der Waals surface area (Å²) in [6, 6.07) is 6.36. The molecular formula is C12H18N2S. The number of anilines is 1. The molecule has 3 N–H and O–H groups in total. The molecule has 0 aliphatic carbocycles. The van der Waals surface area contributed by atoms with E-state index in [2.05, 4.69) is 37.4 Å². The number of benzene rings is 1. The maximum absolute atomic E-state index is 5.56. The van der Waals surface area contributed by atoms with Crippen LogP contribution < -0.4 is 11.1 Å². The third-order valence-corrected chi connectivity index (χ3v) is 2.88. The standard InChI is InChI=1S/C12H18N2S/c1-8-4-5-9(2)11(6-8)14-7-10(3)12(13)15/h4-6,10,14H,7H2,1-3H3,(H2,13,15). The van der Waals surface area contributed by atoms with Gasteiger partial charge in [-0.2, -0.15) is 0 Å². The lowest BCUT2D eigenvalue weighted by atomic mass is 10.1. The van der Waals surface area contributed by atoms with Crippen LogP contribution in [0, 0.1) is 19.8 Å². The van der Waals surface area contributed by atoms with Crippen LogP contribution in [0.4, 0.5) is 5.69 Å². The Kier molecular flexibility index (Phi) is 4.09. The predicted octanol–water partition coefficient (Wildman–Crippen LogP) is 2.64. The molecule has 0 aliphatic heterocycles. The van der Waals surface area contributed by atoms with Crippen LogP contribution in [0.3, 0.4) is 0 Å². The van der Waals surface area contributed by atoms with Crippen LogP contribution >= 0.6 is 12.2 Å². The second kappa shape index (κ2) is 5.12. The fraction of sp³-hybridized carbons (Fsp3) is 0.417. The van der Waals surface area contributed by atoms with E-state index >= 15 is 0 Å². The molecule has 0 amide bonds. The van der Waals surface area contributed by atoms with Gasteiger partial charge in [-0.3, -0.25) is 0 Å². The second-order valence-electron chi connectivity index (χ2n) is 4.00. The summed E-state index contributed by atoms with van der Waals surface area (Å²) in [4.78, 5) is 0.563. The van der Waals surface area contributed by atoms with Crippen LogP contribution in [0.25, 0.3) is 0 Å². The predicted molar refractivity (Wildman–Crippen MR) is 70.4 cm³/mol. The molecule has 3 heteroatoms. The van der Waals surface area contributed by atoms with Gasteiger partial charge in [0.1, 0.15) is 0 Å². The van der Waals surface area contributed by atoms with E-state index in [0.717, 1.165) is 12.2 Å². The van der Waals surface area contributed by atoms with Crippen LogP contribution in [0.15, 0.2) is 18.2 Å². The first kappa shape index (κ1) is 12.0. The lowest BCUT2D eigenvalue weighted by Crippen LogP contribution is -2.25. The Morgan fingerprint density at radius 1 is 1.47 bits per heavy atom. The minimum Gasteiger partial charge on any atom is -0.393 e. The monoisotopic (exact) mass is 222 g/mol. The SMILES string of the molecule is Cc1ccc(C)c(NCC(C)C(N)=S)c1. The molecule has 1 aromatic rings. The van der Waals surface area contributed by atoms with E-state index in [4.69, 9.17) is 18.0 Å². The Bertz CT molecular complexity index is 361. The number of nitrogens with one attached hydrogen (secondary N) is 1. The summed E-state index contributed by atoms with van der Waals surface area (Å²) in [5.74, 6) is 0.222. The third kappa shape index (κ3) is 3.51. The van der Waals surface area contributed by atoms with Gasteiger partial charge < -0.3 is 11.1 Å². The van der Waals surface area contributed by atoms with E-state index in [9.17, 15) is 0 Å². The molecule has 0 aliphatic rings. The van der Waals surface area contributed by atoms with Crippen LogP contribution in [0.1, 0.15) is 18.1 Å². The number of thiocarbonyl (C=S) groups is 1. The lowest BCUT2D eigenvalue weighted by molar-refractivity contribution is 0.820. The molecule has 1 rings (SSSR count). The van der Waals surface area contributed by atoms with E-state index in [-0.39, 0.29) is 5.92 Å². The molecule has 2 nitrogen and oxygen atoms in total. The Morgan fingerprint density at radius 2 is 2.13 bits per heavy atom. The van der Waals surface area contributed by atoms with Crippen molar-refractivity contribution in [1.82, 2.24) is 0 Å². The van der Waals surface area contributed by atoms with Crippen molar-refractivity contribution in [3.63, 3.8) is 0 Å². The molecule has 0 heterocycles.